The Bertz CT molecular complexity index is 1420. The van der Waals surface area contributed by atoms with Gasteiger partial charge in [0.1, 0.15) is 5.82 Å². The van der Waals surface area contributed by atoms with E-state index in [9.17, 15) is 9.59 Å². The van der Waals surface area contributed by atoms with Crippen molar-refractivity contribution in [2.45, 2.75) is 52.1 Å². The van der Waals surface area contributed by atoms with Gasteiger partial charge in [0.05, 0.1) is 5.70 Å². The van der Waals surface area contributed by atoms with Gasteiger partial charge in [0.25, 0.3) is 11.5 Å². The van der Waals surface area contributed by atoms with Crippen molar-refractivity contribution in [3.63, 3.8) is 0 Å². The molecule has 214 valence electrons. The minimum absolute atomic E-state index is 0.0392. The molecule has 0 bridgehead atoms. The number of carbonyl (C=O) groups is 1. The number of hydrogen-bond donors (Lipinski definition) is 2. The average molecular weight is 545 g/mol. The molecule has 2 N–H and O–H groups in total. The van der Waals surface area contributed by atoms with Crippen LogP contribution in [-0.4, -0.2) is 65.1 Å². The van der Waals surface area contributed by atoms with E-state index in [4.69, 9.17) is 0 Å². The molecule has 2 aliphatic heterocycles. The van der Waals surface area contributed by atoms with Crippen LogP contribution < -0.4 is 16.2 Å². The smallest absolute Gasteiger partial charge is 0.257 e. The molecule has 2 atom stereocenters. The molecule has 40 heavy (non-hydrogen) atoms. The number of aromatic nitrogens is 2. The minimum Gasteiger partial charge on any atom is -0.388 e. The van der Waals surface area contributed by atoms with Crippen molar-refractivity contribution >= 4 is 23.1 Å². The summed E-state index contributed by atoms with van der Waals surface area (Å²) in [5.41, 5.74) is 6.03. The Morgan fingerprint density at radius 3 is 2.48 bits per heavy atom. The third-order valence-electron chi connectivity index (χ3n) is 8.06. The number of piperidine rings is 1. The molecule has 2 unspecified atom stereocenters. The second kappa shape index (κ2) is 12.6. The molecule has 0 radical (unpaired) electrons. The van der Waals surface area contributed by atoms with Crippen molar-refractivity contribution in [1.29, 1.82) is 0 Å². The highest BCUT2D eigenvalue weighted by molar-refractivity contribution is 5.93. The lowest BCUT2D eigenvalue weighted by molar-refractivity contribution is 0.0827. The topological polar surface area (TPSA) is 74.5 Å². The third-order valence-corrected chi connectivity index (χ3v) is 8.06. The number of fused-ring (bicyclic) bond motifs is 1. The average Bonchev–Trinajstić information content (AvgIpc) is 3.29. The number of hydrogen-bond acceptors (Lipinski definition) is 5. The molecule has 4 heterocycles. The van der Waals surface area contributed by atoms with Gasteiger partial charge in [-0.05, 0) is 68.1 Å². The van der Waals surface area contributed by atoms with Crippen molar-refractivity contribution in [1.82, 2.24) is 18.9 Å². The van der Waals surface area contributed by atoms with Gasteiger partial charge >= 0.3 is 0 Å². The van der Waals surface area contributed by atoms with Crippen LogP contribution in [-0.2, 0) is 13.6 Å². The summed E-state index contributed by atoms with van der Waals surface area (Å²) < 4.78 is 3.96. The van der Waals surface area contributed by atoms with Gasteiger partial charge in [-0.15, -0.1) is 0 Å². The summed E-state index contributed by atoms with van der Waals surface area (Å²) in [5.74, 6) is 1.59. The molecule has 8 nitrogen and oxygen atoms in total. The van der Waals surface area contributed by atoms with Gasteiger partial charge in [-0.2, -0.15) is 0 Å². The Labute approximate surface area is 238 Å². The van der Waals surface area contributed by atoms with Gasteiger partial charge in [-0.3, -0.25) is 19.1 Å². The maximum atomic E-state index is 12.8. The molecule has 1 amide bonds. The summed E-state index contributed by atoms with van der Waals surface area (Å²) in [4.78, 5) is 29.2. The summed E-state index contributed by atoms with van der Waals surface area (Å²) in [6.07, 6.45) is 6.10. The Hall–Kier alpha value is -3.78. The summed E-state index contributed by atoms with van der Waals surface area (Å²) in [6, 6.07) is 14.4. The second-order valence-corrected chi connectivity index (χ2v) is 10.7. The molecule has 0 spiro atoms. The van der Waals surface area contributed by atoms with Gasteiger partial charge in [-0.25, -0.2) is 0 Å². The first-order valence-corrected chi connectivity index (χ1v) is 14.4. The van der Waals surface area contributed by atoms with E-state index in [2.05, 4.69) is 58.3 Å². The van der Waals surface area contributed by atoms with E-state index < -0.39 is 0 Å². The van der Waals surface area contributed by atoms with Crippen molar-refractivity contribution < 1.29 is 4.79 Å². The van der Waals surface area contributed by atoms with Crippen molar-refractivity contribution in [3.05, 3.63) is 87.5 Å². The van der Waals surface area contributed by atoms with Crippen LogP contribution in [0.2, 0.25) is 0 Å². The normalized spacial score (nSPS) is 18.5. The van der Waals surface area contributed by atoms with Gasteiger partial charge in [0.15, 0.2) is 0 Å². The van der Waals surface area contributed by atoms with Crippen molar-refractivity contribution in [2.24, 2.45) is 7.05 Å². The molecule has 0 aliphatic carbocycles. The van der Waals surface area contributed by atoms with E-state index in [0.29, 0.717) is 18.5 Å². The van der Waals surface area contributed by atoms with Crippen LogP contribution in [0.15, 0.2) is 59.5 Å². The Morgan fingerprint density at radius 2 is 1.85 bits per heavy atom. The lowest BCUT2D eigenvalue weighted by atomic mass is 9.85. The van der Waals surface area contributed by atoms with Crippen LogP contribution in [0.1, 0.15) is 66.7 Å². The number of rotatable bonds is 6. The zero-order valence-electron chi connectivity index (χ0n) is 25.0. The fraction of sp³-hybridized carbons (Fsp3) is 0.438. The molecule has 2 aromatic heterocycles. The van der Waals surface area contributed by atoms with Crippen LogP contribution in [0.4, 0.5) is 11.5 Å². The van der Waals surface area contributed by atoms with Gasteiger partial charge in [0, 0.05) is 82.1 Å². The van der Waals surface area contributed by atoms with Crippen LogP contribution >= 0.6 is 0 Å². The van der Waals surface area contributed by atoms with E-state index in [0.717, 1.165) is 54.3 Å². The summed E-state index contributed by atoms with van der Waals surface area (Å²) in [6.45, 7) is 8.86. The van der Waals surface area contributed by atoms with Crippen molar-refractivity contribution in [2.75, 3.05) is 44.9 Å². The van der Waals surface area contributed by atoms with E-state index >= 15 is 0 Å². The summed E-state index contributed by atoms with van der Waals surface area (Å²) in [7, 11) is 7.49. The molecule has 1 saturated heterocycles. The highest BCUT2D eigenvalue weighted by atomic mass is 16.2. The van der Waals surface area contributed by atoms with E-state index in [1.54, 1.807) is 29.6 Å². The van der Waals surface area contributed by atoms with Gasteiger partial charge in [-0.1, -0.05) is 26.0 Å². The first-order chi connectivity index (χ1) is 19.3. The number of benzene rings is 1. The lowest BCUT2D eigenvalue weighted by Gasteiger charge is -2.38. The maximum Gasteiger partial charge on any atom is 0.257 e. The SMILES string of the molecule is CC.CNc1ccn(C2=CCNc3c2cc(CN2CCC(c4ccc(C(=O)N(C)C)cc4)CC2C)n3C)c(=O)c1. The maximum absolute atomic E-state index is 12.8. The van der Waals surface area contributed by atoms with Crippen LogP contribution in [0, 0.1) is 0 Å². The minimum atomic E-state index is -0.0452. The van der Waals surface area contributed by atoms with E-state index in [-0.39, 0.29) is 11.5 Å². The highest BCUT2D eigenvalue weighted by Gasteiger charge is 2.28. The van der Waals surface area contributed by atoms with Gasteiger partial charge < -0.3 is 20.1 Å². The first-order valence-electron chi connectivity index (χ1n) is 14.4. The molecule has 1 fully saturated rings. The predicted octanol–water partition coefficient (Wildman–Crippen LogP) is 5.04. The Morgan fingerprint density at radius 1 is 1.12 bits per heavy atom. The number of nitrogens with one attached hydrogen (secondary N) is 2. The number of anilines is 2. The molecule has 8 heteroatoms. The Balaban J connectivity index is 0.00000181. The highest BCUT2D eigenvalue weighted by Crippen LogP contribution is 2.35. The summed E-state index contributed by atoms with van der Waals surface area (Å²) in [5, 5.41) is 6.54. The van der Waals surface area contributed by atoms with E-state index in [1.165, 1.54) is 11.3 Å². The molecule has 3 aromatic rings. The zero-order valence-corrected chi connectivity index (χ0v) is 25.0. The molecule has 5 rings (SSSR count). The van der Waals surface area contributed by atoms with Crippen LogP contribution in [0.25, 0.3) is 5.70 Å². The number of amides is 1. The fourth-order valence-corrected chi connectivity index (χ4v) is 5.76. The second-order valence-electron chi connectivity index (χ2n) is 10.7. The molecule has 1 aromatic carbocycles. The molecular weight excluding hydrogens is 500 g/mol. The fourth-order valence-electron chi connectivity index (χ4n) is 5.76. The number of nitrogens with zero attached hydrogens (tertiary/aromatic N) is 4. The van der Waals surface area contributed by atoms with Gasteiger partial charge in [0.2, 0.25) is 0 Å². The standard InChI is InChI=1S/C30H38N6O2.C2H6/c1-20-16-23(21-6-8-22(9-7-21)30(38)33(3)4)11-14-35(20)19-25-18-26-27(10-13-32-29(26)34(25)5)36-15-12-24(31-2)17-28(36)37;1-2/h6-10,12,15,17-18,20,23,31-32H,11,13-14,16,19H2,1-5H3;1-2H3. The first kappa shape index (κ1) is 29.2. The zero-order chi connectivity index (χ0) is 29.0. The van der Waals surface area contributed by atoms with Crippen LogP contribution in [0.5, 0.6) is 0 Å². The predicted molar refractivity (Wildman–Crippen MR) is 165 cm³/mol. The third kappa shape index (κ3) is 5.87. The Kier molecular flexibility index (Phi) is 9.20. The number of carbonyl (C=O) groups excluding carboxylic acids is 1. The lowest BCUT2D eigenvalue weighted by Crippen LogP contribution is -2.40. The van der Waals surface area contributed by atoms with E-state index in [1.807, 2.05) is 45.3 Å². The molecular formula is C32H44N6O2. The number of pyridine rings is 1. The molecule has 0 saturated carbocycles. The summed E-state index contributed by atoms with van der Waals surface area (Å²) >= 11 is 0. The monoisotopic (exact) mass is 544 g/mol. The van der Waals surface area contributed by atoms with Crippen LogP contribution in [0.3, 0.4) is 0 Å². The number of likely N-dealkylation sites (tertiary alicyclic amines) is 1. The quantitative estimate of drug-likeness (QED) is 0.455. The largest absolute Gasteiger partial charge is 0.388 e. The van der Waals surface area contributed by atoms with Crippen molar-refractivity contribution in [3.8, 4) is 0 Å². The molecule has 2 aliphatic rings.